The first kappa shape index (κ1) is 12.2. The van der Waals surface area contributed by atoms with Crippen molar-refractivity contribution in [1.29, 1.82) is 0 Å². The molecule has 0 bridgehead atoms. The van der Waals surface area contributed by atoms with E-state index in [9.17, 15) is 8.42 Å². The molecular formula is C14H14N2O2S. The van der Waals surface area contributed by atoms with E-state index in [0.717, 1.165) is 11.3 Å². The van der Waals surface area contributed by atoms with Crippen molar-refractivity contribution in [2.45, 2.75) is 17.9 Å². The SMILES string of the molecule is CC1CN(S(=O)(=O)c2ccccn2)c2ccccc21. The number of nitrogens with zero attached hydrogens (tertiary/aromatic N) is 2. The molecule has 1 atom stereocenters. The number of para-hydroxylation sites is 1. The number of rotatable bonds is 2. The van der Waals surface area contributed by atoms with Gasteiger partial charge in [-0.15, -0.1) is 0 Å². The molecule has 0 N–H and O–H groups in total. The molecular weight excluding hydrogens is 260 g/mol. The molecule has 98 valence electrons. The first-order valence-corrected chi connectivity index (χ1v) is 7.57. The van der Waals surface area contributed by atoms with Crippen LogP contribution in [0.4, 0.5) is 5.69 Å². The highest BCUT2D eigenvalue weighted by molar-refractivity contribution is 7.92. The predicted molar refractivity (Wildman–Crippen MR) is 73.6 cm³/mol. The van der Waals surface area contributed by atoms with Crippen LogP contribution in [0.1, 0.15) is 18.4 Å². The molecule has 1 aliphatic rings. The minimum Gasteiger partial charge on any atom is -0.264 e. The molecule has 4 nitrogen and oxygen atoms in total. The third-order valence-electron chi connectivity index (χ3n) is 3.37. The maximum Gasteiger partial charge on any atom is 0.281 e. The van der Waals surface area contributed by atoms with Gasteiger partial charge in [0.05, 0.1) is 5.69 Å². The zero-order valence-corrected chi connectivity index (χ0v) is 11.3. The van der Waals surface area contributed by atoms with Gasteiger partial charge in [0.2, 0.25) is 0 Å². The van der Waals surface area contributed by atoms with E-state index in [-0.39, 0.29) is 10.9 Å². The number of fused-ring (bicyclic) bond motifs is 1. The molecule has 0 amide bonds. The quantitative estimate of drug-likeness (QED) is 0.845. The van der Waals surface area contributed by atoms with Crippen molar-refractivity contribution in [3.05, 3.63) is 54.2 Å². The van der Waals surface area contributed by atoms with Gasteiger partial charge in [-0.3, -0.25) is 4.31 Å². The Hall–Kier alpha value is -1.88. The summed E-state index contributed by atoms with van der Waals surface area (Å²) in [6.07, 6.45) is 1.50. The van der Waals surface area contributed by atoms with Crippen LogP contribution in [-0.2, 0) is 10.0 Å². The second-order valence-electron chi connectivity index (χ2n) is 4.66. The van der Waals surface area contributed by atoms with E-state index in [2.05, 4.69) is 4.98 Å². The van der Waals surface area contributed by atoms with Crippen LogP contribution in [0.15, 0.2) is 53.7 Å². The fourth-order valence-electron chi connectivity index (χ4n) is 2.42. The van der Waals surface area contributed by atoms with E-state index in [1.54, 1.807) is 12.1 Å². The van der Waals surface area contributed by atoms with Crippen LogP contribution >= 0.6 is 0 Å². The maximum atomic E-state index is 12.6. The van der Waals surface area contributed by atoms with Crippen LogP contribution < -0.4 is 4.31 Å². The van der Waals surface area contributed by atoms with Gasteiger partial charge >= 0.3 is 0 Å². The normalized spacial score (nSPS) is 18.4. The zero-order valence-electron chi connectivity index (χ0n) is 10.5. The summed E-state index contributed by atoms with van der Waals surface area (Å²) in [5.41, 5.74) is 1.84. The van der Waals surface area contributed by atoms with E-state index < -0.39 is 10.0 Å². The smallest absolute Gasteiger partial charge is 0.264 e. The fraction of sp³-hybridized carbons (Fsp3) is 0.214. The van der Waals surface area contributed by atoms with Gasteiger partial charge in [0, 0.05) is 18.7 Å². The van der Waals surface area contributed by atoms with Gasteiger partial charge in [-0.05, 0) is 23.8 Å². The number of pyridine rings is 1. The summed E-state index contributed by atoms with van der Waals surface area (Å²) in [6.45, 7) is 2.50. The Morgan fingerprint density at radius 3 is 2.63 bits per heavy atom. The molecule has 1 aromatic carbocycles. The van der Waals surface area contributed by atoms with E-state index >= 15 is 0 Å². The highest BCUT2D eigenvalue weighted by Gasteiger charge is 2.34. The lowest BCUT2D eigenvalue weighted by molar-refractivity contribution is 0.586. The first-order valence-electron chi connectivity index (χ1n) is 6.13. The van der Waals surface area contributed by atoms with Crippen molar-refractivity contribution >= 4 is 15.7 Å². The molecule has 5 heteroatoms. The lowest BCUT2D eigenvalue weighted by Gasteiger charge is -2.18. The average molecular weight is 274 g/mol. The van der Waals surface area contributed by atoms with Gasteiger partial charge in [-0.25, -0.2) is 4.98 Å². The summed E-state index contributed by atoms with van der Waals surface area (Å²) in [5, 5.41) is 0.0962. The van der Waals surface area contributed by atoms with Gasteiger partial charge in [0.15, 0.2) is 5.03 Å². The Balaban J connectivity index is 2.10. The van der Waals surface area contributed by atoms with Crippen molar-refractivity contribution in [1.82, 2.24) is 4.98 Å². The highest BCUT2D eigenvalue weighted by atomic mass is 32.2. The minimum absolute atomic E-state index is 0.0962. The fourth-order valence-corrected chi connectivity index (χ4v) is 3.93. The number of hydrogen-bond acceptors (Lipinski definition) is 3. The summed E-state index contributed by atoms with van der Waals surface area (Å²) in [6, 6.07) is 12.5. The molecule has 2 aromatic rings. The Morgan fingerprint density at radius 2 is 1.89 bits per heavy atom. The summed E-state index contributed by atoms with van der Waals surface area (Å²) >= 11 is 0. The molecule has 1 aromatic heterocycles. The third-order valence-corrected chi connectivity index (χ3v) is 5.06. The Morgan fingerprint density at radius 1 is 1.16 bits per heavy atom. The molecule has 1 unspecified atom stereocenters. The van der Waals surface area contributed by atoms with Crippen LogP contribution in [0.2, 0.25) is 0 Å². The molecule has 1 aliphatic heterocycles. The minimum atomic E-state index is -3.56. The lowest BCUT2D eigenvalue weighted by Crippen LogP contribution is -2.30. The molecule has 3 rings (SSSR count). The van der Waals surface area contributed by atoms with Crippen LogP contribution in [0.5, 0.6) is 0 Å². The van der Waals surface area contributed by atoms with Crippen molar-refractivity contribution in [2.75, 3.05) is 10.8 Å². The Bertz CT molecular complexity index is 698. The number of sulfonamides is 1. The lowest BCUT2D eigenvalue weighted by atomic mass is 10.0. The number of anilines is 1. The molecule has 19 heavy (non-hydrogen) atoms. The summed E-state index contributed by atoms with van der Waals surface area (Å²) in [5.74, 6) is 0.203. The Kier molecular flexibility index (Phi) is 2.78. The van der Waals surface area contributed by atoms with Gasteiger partial charge in [0.25, 0.3) is 10.0 Å². The first-order chi connectivity index (χ1) is 9.10. The average Bonchev–Trinajstić information content (AvgIpc) is 2.79. The zero-order chi connectivity index (χ0) is 13.5. The molecule has 2 heterocycles. The molecule has 0 saturated carbocycles. The van der Waals surface area contributed by atoms with Gasteiger partial charge in [0.1, 0.15) is 0 Å². The molecule has 0 fully saturated rings. The monoisotopic (exact) mass is 274 g/mol. The highest BCUT2D eigenvalue weighted by Crippen LogP contribution is 2.38. The predicted octanol–water partition coefficient (Wildman–Crippen LogP) is 2.39. The van der Waals surface area contributed by atoms with Crippen LogP contribution in [0, 0.1) is 0 Å². The van der Waals surface area contributed by atoms with Gasteiger partial charge in [-0.2, -0.15) is 8.42 Å². The van der Waals surface area contributed by atoms with Crippen molar-refractivity contribution in [2.24, 2.45) is 0 Å². The number of aromatic nitrogens is 1. The van der Waals surface area contributed by atoms with Crippen LogP contribution in [0.3, 0.4) is 0 Å². The van der Waals surface area contributed by atoms with Gasteiger partial charge < -0.3 is 0 Å². The summed E-state index contributed by atoms with van der Waals surface area (Å²) < 4.78 is 26.7. The van der Waals surface area contributed by atoms with E-state index in [0.29, 0.717) is 6.54 Å². The maximum absolute atomic E-state index is 12.6. The topological polar surface area (TPSA) is 50.3 Å². The number of benzene rings is 1. The van der Waals surface area contributed by atoms with Crippen molar-refractivity contribution in [3.63, 3.8) is 0 Å². The second-order valence-corrected chi connectivity index (χ2v) is 6.47. The van der Waals surface area contributed by atoms with Crippen LogP contribution in [-0.4, -0.2) is 19.9 Å². The standard InChI is InChI=1S/C14H14N2O2S/c1-11-10-16(13-7-3-2-6-12(11)13)19(17,18)14-8-4-5-9-15-14/h2-9,11H,10H2,1H3. The molecule has 0 spiro atoms. The van der Waals surface area contributed by atoms with E-state index in [4.69, 9.17) is 0 Å². The molecule has 0 aliphatic carbocycles. The summed E-state index contributed by atoms with van der Waals surface area (Å²) in [4.78, 5) is 3.96. The van der Waals surface area contributed by atoms with Crippen LogP contribution in [0.25, 0.3) is 0 Å². The van der Waals surface area contributed by atoms with E-state index in [1.807, 2.05) is 31.2 Å². The number of hydrogen-bond donors (Lipinski definition) is 0. The van der Waals surface area contributed by atoms with Gasteiger partial charge in [-0.1, -0.05) is 31.2 Å². The molecule has 0 radical (unpaired) electrons. The largest absolute Gasteiger partial charge is 0.281 e. The second kappa shape index (κ2) is 4.35. The molecule has 0 saturated heterocycles. The third kappa shape index (κ3) is 1.90. The summed E-state index contributed by atoms with van der Waals surface area (Å²) in [7, 11) is -3.56. The van der Waals surface area contributed by atoms with Crippen molar-refractivity contribution in [3.8, 4) is 0 Å². The van der Waals surface area contributed by atoms with Crippen molar-refractivity contribution < 1.29 is 8.42 Å². The Labute approximate surface area is 112 Å². The van der Waals surface area contributed by atoms with E-state index in [1.165, 1.54) is 16.6 Å².